The van der Waals surface area contributed by atoms with E-state index in [4.69, 9.17) is 0 Å². The molecule has 2 aromatic rings. The number of nitrogens with zero attached hydrogens (tertiary/aromatic N) is 6. The molecule has 2 aliphatic rings. The summed E-state index contributed by atoms with van der Waals surface area (Å²) in [5, 5.41) is 7.60. The van der Waals surface area contributed by atoms with E-state index in [0.717, 1.165) is 12.4 Å². The van der Waals surface area contributed by atoms with Crippen molar-refractivity contribution in [3.8, 4) is 5.82 Å². The van der Waals surface area contributed by atoms with Crippen LogP contribution in [0.1, 0.15) is 25.7 Å². The Morgan fingerprint density at radius 2 is 2.19 bits per heavy atom. The Labute approximate surface area is 123 Å². The molecule has 21 heavy (non-hydrogen) atoms. The number of nitrogens with one attached hydrogen (secondary N) is 1. The lowest BCUT2D eigenvalue weighted by atomic mass is 9.74. The summed E-state index contributed by atoms with van der Waals surface area (Å²) in [6, 6.07) is 0.440. The standard InChI is InChI=1S/C14H19N7/c1-20-8-11(5-14(20)3-2-4-14)18-12-6-15-7-13(19-12)21-10-16-9-17-21/h6-7,9-11H,2-5,8H2,1H3,(H,18,19). The molecule has 2 fully saturated rings. The molecule has 1 unspecified atom stereocenters. The molecule has 1 saturated carbocycles. The smallest absolute Gasteiger partial charge is 0.175 e. The van der Waals surface area contributed by atoms with E-state index in [1.807, 2.05) is 0 Å². The van der Waals surface area contributed by atoms with Gasteiger partial charge in [-0.05, 0) is 32.7 Å². The van der Waals surface area contributed by atoms with Crippen molar-refractivity contribution in [3.05, 3.63) is 25.0 Å². The minimum atomic E-state index is 0.439. The van der Waals surface area contributed by atoms with Gasteiger partial charge in [0.15, 0.2) is 5.82 Å². The number of anilines is 1. The van der Waals surface area contributed by atoms with Gasteiger partial charge in [0.25, 0.3) is 0 Å². The van der Waals surface area contributed by atoms with Crippen LogP contribution < -0.4 is 5.32 Å². The van der Waals surface area contributed by atoms with Gasteiger partial charge in [-0.15, -0.1) is 0 Å². The van der Waals surface area contributed by atoms with Gasteiger partial charge in [-0.1, -0.05) is 0 Å². The lowest BCUT2D eigenvalue weighted by Gasteiger charge is -2.44. The summed E-state index contributed by atoms with van der Waals surface area (Å²) >= 11 is 0. The van der Waals surface area contributed by atoms with Gasteiger partial charge >= 0.3 is 0 Å². The average Bonchev–Trinajstić information content (AvgIpc) is 3.06. The van der Waals surface area contributed by atoms with E-state index in [1.165, 1.54) is 32.0 Å². The minimum absolute atomic E-state index is 0.439. The van der Waals surface area contributed by atoms with Gasteiger partial charge in [-0.25, -0.2) is 14.6 Å². The zero-order chi connectivity index (χ0) is 14.3. The maximum atomic E-state index is 4.56. The monoisotopic (exact) mass is 285 g/mol. The summed E-state index contributed by atoms with van der Waals surface area (Å²) in [6.07, 6.45) is 11.8. The largest absolute Gasteiger partial charge is 0.365 e. The van der Waals surface area contributed by atoms with Gasteiger partial charge in [-0.2, -0.15) is 5.10 Å². The number of likely N-dealkylation sites (tertiary alicyclic amines) is 1. The fourth-order valence-electron chi connectivity index (χ4n) is 3.54. The van der Waals surface area contributed by atoms with Crippen LogP contribution in [0.25, 0.3) is 5.82 Å². The first kappa shape index (κ1) is 12.7. The lowest BCUT2D eigenvalue weighted by molar-refractivity contribution is 0.0801. The van der Waals surface area contributed by atoms with Gasteiger partial charge < -0.3 is 5.32 Å². The third-order valence-corrected chi connectivity index (χ3v) is 4.84. The van der Waals surface area contributed by atoms with Crippen LogP contribution in [0.5, 0.6) is 0 Å². The molecule has 2 aromatic heterocycles. The van der Waals surface area contributed by atoms with Crippen LogP contribution >= 0.6 is 0 Å². The van der Waals surface area contributed by atoms with Crippen molar-refractivity contribution in [2.24, 2.45) is 0 Å². The van der Waals surface area contributed by atoms with Crippen LogP contribution in [0.3, 0.4) is 0 Å². The highest BCUT2D eigenvalue weighted by Crippen LogP contribution is 2.44. The van der Waals surface area contributed by atoms with Crippen LogP contribution in [-0.2, 0) is 0 Å². The Hall–Kier alpha value is -2.02. The molecule has 4 rings (SSSR count). The van der Waals surface area contributed by atoms with Gasteiger partial charge in [0.2, 0.25) is 0 Å². The molecule has 7 heteroatoms. The fraction of sp³-hybridized carbons (Fsp3) is 0.571. The summed E-state index contributed by atoms with van der Waals surface area (Å²) in [5.41, 5.74) is 0.439. The number of likely N-dealkylation sites (N-methyl/N-ethyl adjacent to an activating group) is 1. The van der Waals surface area contributed by atoms with Gasteiger partial charge in [0.05, 0.1) is 12.4 Å². The first-order chi connectivity index (χ1) is 10.3. The SMILES string of the molecule is CN1CC(Nc2cncc(-n3cncn3)n2)CC12CCC2. The van der Waals surface area contributed by atoms with Crippen LogP contribution in [0.4, 0.5) is 5.82 Å². The predicted octanol–water partition coefficient (Wildman–Crippen LogP) is 1.10. The van der Waals surface area contributed by atoms with E-state index < -0.39 is 0 Å². The highest BCUT2D eigenvalue weighted by molar-refractivity contribution is 5.37. The van der Waals surface area contributed by atoms with E-state index in [1.54, 1.807) is 23.4 Å². The Kier molecular flexibility index (Phi) is 2.88. The normalized spacial score (nSPS) is 24.1. The van der Waals surface area contributed by atoms with E-state index in [2.05, 4.69) is 37.3 Å². The van der Waals surface area contributed by atoms with E-state index in [-0.39, 0.29) is 0 Å². The minimum Gasteiger partial charge on any atom is -0.365 e. The second kappa shape index (κ2) is 4.77. The van der Waals surface area contributed by atoms with Crippen molar-refractivity contribution in [2.75, 3.05) is 18.9 Å². The predicted molar refractivity (Wildman–Crippen MR) is 78.2 cm³/mol. The molecule has 0 aromatic carbocycles. The van der Waals surface area contributed by atoms with Crippen molar-refractivity contribution in [3.63, 3.8) is 0 Å². The van der Waals surface area contributed by atoms with Crippen molar-refractivity contribution in [2.45, 2.75) is 37.3 Å². The summed E-state index contributed by atoms with van der Waals surface area (Å²) in [7, 11) is 2.23. The Morgan fingerprint density at radius 1 is 1.29 bits per heavy atom. The average molecular weight is 285 g/mol. The molecule has 1 atom stereocenters. The van der Waals surface area contributed by atoms with Crippen LogP contribution in [0.2, 0.25) is 0 Å². The first-order valence-electron chi connectivity index (χ1n) is 7.40. The Balaban J connectivity index is 1.49. The second-order valence-electron chi connectivity index (χ2n) is 6.11. The maximum absolute atomic E-state index is 4.56. The Morgan fingerprint density at radius 3 is 2.86 bits per heavy atom. The molecule has 0 amide bonds. The molecule has 110 valence electrons. The summed E-state index contributed by atoms with van der Waals surface area (Å²) < 4.78 is 1.62. The molecule has 7 nitrogen and oxygen atoms in total. The van der Waals surface area contributed by atoms with Crippen molar-refractivity contribution >= 4 is 5.82 Å². The van der Waals surface area contributed by atoms with Crippen molar-refractivity contribution < 1.29 is 0 Å². The van der Waals surface area contributed by atoms with Crippen LogP contribution in [0.15, 0.2) is 25.0 Å². The molecule has 1 N–H and O–H groups in total. The molecular weight excluding hydrogens is 266 g/mol. The van der Waals surface area contributed by atoms with Crippen molar-refractivity contribution in [1.29, 1.82) is 0 Å². The quantitative estimate of drug-likeness (QED) is 0.910. The highest BCUT2D eigenvalue weighted by Gasteiger charge is 2.47. The molecule has 1 aliphatic carbocycles. The topological polar surface area (TPSA) is 71.8 Å². The summed E-state index contributed by atoms with van der Waals surface area (Å²) in [4.78, 5) is 15.2. The lowest BCUT2D eigenvalue weighted by Crippen LogP contribution is -2.46. The zero-order valence-electron chi connectivity index (χ0n) is 12.1. The Bertz CT molecular complexity index is 620. The van der Waals surface area contributed by atoms with Crippen molar-refractivity contribution in [1.82, 2.24) is 29.6 Å². The number of aromatic nitrogens is 5. The van der Waals surface area contributed by atoms with E-state index in [9.17, 15) is 0 Å². The van der Waals surface area contributed by atoms with E-state index >= 15 is 0 Å². The first-order valence-corrected chi connectivity index (χ1v) is 7.40. The van der Waals surface area contributed by atoms with Gasteiger partial charge in [0, 0.05) is 18.1 Å². The molecule has 3 heterocycles. The third-order valence-electron chi connectivity index (χ3n) is 4.84. The summed E-state index contributed by atoms with van der Waals surface area (Å²) in [5.74, 6) is 1.49. The highest BCUT2D eigenvalue weighted by atomic mass is 15.4. The molecule has 1 aliphatic heterocycles. The zero-order valence-corrected chi connectivity index (χ0v) is 12.1. The fourth-order valence-corrected chi connectivity index (χ4v) is 3.54. The van der Waals surface area contributed by atoms with Gasteiger partial charge in [-0.3, -0.25) is 9.88 Å². The van der Waals surface area contributed by atoms with Crippen LogP contribution in [-0.4, -0.2) is 54.8 Å². The molecule has 1 spiro atoms. The maximum Gasteiger partial charge on any atom is 0.175 e. The van der Waals surface area contributed by atoms with Crippen LogP contribution in [0, 0.1) is 0 Å². The second-order valence-corrected chi connectivity index (χ2v) is 6.11. The van der Waals surface area contributed by atoms with Gasteiger partial charge in [0.1, 0.15) is 18.5 Å². The number of rotatable bonds is 3. The number of hydrogen-bond donors (Lipinski definition) is 1. The third kappa shape index (κ3) is 2.17. The molecule has 0 bridgehead atoms. The summed E-state index contributed by atoms with van der Waals surface area (Å²) in [6.45, 7) is 1.06. The number of hydrogen-bond acceptors (Lipinski definition) is 6. The molecule has 1 saturated heterocycles. The van der Waals surface area contributed by atoms with E-state index in [0.29, 0.717) is 17.4 Å². The molecule has 0 radical (unpaired) electrons. The molecular formula is C14H19N7.